The zero-order valence-corrected chi connectivity index (χ0v) is 32.4. The van der Waals surface area contributed by atoms with Crippen LogP contribution in [0, 0.1) is 0 Å². The Bertz CT molecular complexity index is 1060. The topological polar surface area (TPSA) is 225 Å². The van der Waals surface area contributed by atoms with Crippen molar-refractivity contribution in [2.45, 2.75) is 123 Å². The molecule has 0 unspecified atom stereocenters. The average Bonchev–Trinajstić information content (AvgIpc) is 3.05. The largest absolute Gasteiger partial charge is 0.490 e. The number of hydrogen-bond donors (Lipinski definition) is 8. The second-order valence-electron chi connectivity index (χ2n) is 12.3. The fraction of sp³-hybridized carbons (Fsp3) is 0.735. The maximum Gasteiger partial charge on any atom is 0.490 e. The third-order valence-corrected chi connectivity index (χ3v) is 6.42. The zero-order valence-electron chi connectivity index (χ0n) is 32.4. The van der Waals surface area contributed by atoms with Gasteiger partial charge in [0, 0.05) is 13.1 Å². The van der Waals surface area contributed by atoms with Gasteiger partial charge in [-0.3, -0.25) is 0 Å². The van der Waals surface area contributed by atoms with Gasteiger partial charge in [-0.15, -0.1) is 0 Å². The van der Waals surface area contributed by atoms with E-state index in [9.17, 15) is 39.5 Å². The van der Waals surface area contributed by atoms with Gasteiger partial charge < -0.3 is 42.7 Å². The van der Waals surface area contributed by atoms with Gasteiger partial charge in [-0.2, -0.15) is 39.5 Å². The van der Waals surface area contributed by atoms with Gasteiger partial charge >= 0.3 is 36.4 Å². The highest BCUT2D eigenvalue weighted by Crippen LogP contribution is 2.14. The van der Waals surface area contributed by atoms with E-state index >= 15 is 0 Å². The highest BCUT2D eigenvalue weighted by Gasteiger charge is 2.39. The van der Waals surface area contributed by atoms with E-state index in [-0.39, 0.29) is 0 Å². The lowest BCUT2D eigenvalue weighted by atomic mass is 10.1. The van der Waals surface area contributed by atoms with E-state index in [0.717, 1.165) is 39.0 Å². The number of halogens is 9. The molecule has 0 spiro atoms. The lowest BCUT2D eigenvalue weighted by Gasteiger charge is -2.07. The first kappa shape index (κ1) is 58.5. The van der Waals surface area contributed by atoms with Crippen LogP contribution in [0.3, 0.4) is 0 Å². The molecule has 0 aromatic carbocycles. The molecule has 0 heterocycles. The summed E-state index contributed by atoms with van der Waals surface area (Å²) < 4.78 is 95.2. The fourth-order valence-corrected chi connectivity index (χ4v) is 3.49. The number of alkyl halides is 9. The molecule has 0 aliphatic rings. The molecule has 22 heteroatoms. The first-order valence-electron chi connectivity index (χ1n) is 17.7. The minimum atomic E-state index is -5.08. The molecule has 0 saturated carbocycles. The third-order valence-electron chi connectivity index (χ3n) is 6.42. The molecule has 0 aromatic rings. The lowest BCUT2D eigenvalue weighted by molar-refractivity contribution is -0.193. The van der Waals surface area contributed by atoms with Crippen LogP contribution in [0.4, 0.5) is 39.5 Å². The molecular formula is C34H60F9N7O6. The van der Waals surface area contributed by atoms with Crippen LogP contribution in [0.15, 0.2) is 33.3 Å². The molecule has 0 aliphatic heterocycles. The molecule has 0 rings (SSSR count). The van der Waals surface area contributed by atoms with Crippen molar-refractivity contribution >= 4 is 29.8 Å². The molecule has 0 aliphatic carbocycles. The summed E-state index contributed by atoms with van der Waals surface area (Å²) in [7, 11) is 0. The quantitative estimate of drug-likeness (QED) is 0.0184. The van der Waals surface area contributed by atoms with E-state index in [4.69, 9.17) is 41.2 Å². The summed E-state index contributed by atoms with van der Waals surface area (Å²) in [4.78, 5) is 35.3. The SMILES string of the molecule is CC(C)=CCN=C(N)NCCCCCCCCNCCCCCCCCNC(N)=NCC=C(C)C.O=C(O)C(F)(F)F.O=C(O)C(F)(F)F.O=C(O)C(F)(F)F. The van der Waals surface area contributed by atoms with Crippen LogP contribution in [0.5, 0.6) is 0 Å². The summed E-state index contributed by atoms with van der Waals surface area (Å²) in [6.45, 7) is 13.8. The van der Waals surface area contributed by atoms with Gasteiger partial charge in [-0.1, -0.05) is 74.7 Å². The van der Waals surface area contributed by atoms with Crippen molar-refractivity contribution in [3.8, 4) is 0 Å². The zero-order chi connectivity index (χ0) is 44.2. The molecule has 10 N–H and O–H groups in total. The van der Waals surface area contributed by atoms with Crippen LogP contribution in [-0.4, -0.2) is 103 Å². The molecule has 56 heavy (non-hydrogen) atoms. The van der Waals surface area contributed by atoms with E-state index < -0.39 is 36.4 Å². The standard InChI is InChI=1S/C28H57N7.3C2HF3O2/c1-25(2)17-23-34-27(29)32-21-15-11-7-5-9-13-19-31-20-14-10-6-8-12-16-22-33-28(30)35-24-18-26(3)4;3*3-2(4,5)1(6)7/h17-18,31H,5-16,19-24H2,1-4H3,(H3,29,32,34)(H3,30,33,35);3*(H,6,7). The van der Waals surface area contributed by atoms with E-state index in [1.54, 1.807) is 0 Å². The number of nitrogens with two attached hydrogens (primary N) is 2. The van der Waals surface area contributed by atoms with E-state index in [1.165, 1.54) is 75.4 Å². The van der Waals surface area contributed by atoms with Crippen molar-refractivity contribution in [3.63, 3.8) is 0 Å². The normalized spacial score (nSPS) is 11.7. The van der Waals surface area contributed by atoms with Crippen molar-refractivity contribution in [2.75, 3.05) is 39.3 Å². The smallest absolute Gasteiger partial charge is 0.475 e. The Hall–Kier alpha value is -4.24. The number of carboxylic acids is 3. The Labute approximate surface area is 322 Å². The number of guanidine groups is 2. The number of allylic oxidation sites excluding steroid dienone is 2. The van der Waals surface area contributed by atoms with Crippen molar-refractivity contribution in [2.24, 2.45) is 21.5 Å². The molecule has 0 bridgehead atoms. The summed E-state index contributed by atoms with van der Waals surface area (Å²) in [5.74, 6) is -7.15. The van der Waals surface area contributed by atoms with Crippen LogP contribution in [0.2, 0.25) is 0 Å². The van der Waals surface area contributed by atoms with Gasteiger partial charge in [0.2, 0.25) is 0 Å². The minimum absolute atomic E-state index is 0.559. The first-order valence-corrected chi connectivity index (χ1v) is 17.7. The van der Waals surface area contributed by atoms with Crippen LogP contribution in [-0.2, 0) is 14.4 Å². The molecule has 13 nitrogen and oxygen atoms in total. The molecular weight excluding hydrogens is 773 g/mol. The number of unbranched alkanes of at least 4 members (excludes halogenated alkanes) is 10. The Morgan fingerprint density at radius 3 is 0.911 bits per heavy atom. The number of aliphatic imine (C=N–C) groups is 2. The van der Waals surface area contributed by atoms with Crippen molar-refractivity contribution in [1.82, 2.24) is 16.0 Å². The van der Waals surface area contributed by atoms with Gasteiger partial charge in [-0.05, 0) is 66.5 Å². The minimum Gasteiger partial charge on any atom is -0.475 e. The van der Waals surface area contributed by atoms with Crippen LogP contribution in [0.1, 0.15) is 105 Å². The maximum absolute atomic E-state index is 10.6. The number of carbonyl (C=O) groups is 3. The Morgan fingerprint density at radius 2 is 0.696 bits per heavy atom. The maximum atomic E-state index is 10.6. The third kappa shape index (κ3) is 51.9. The second-order valence-corrected chi connectivity index (χ2v) is 12.3. The molecule has 330 valence electrons. The van der Waals surface area contributed by atoms with Crippen molar-refractivity contribution < 1.29 is 69.2 Å². The second kappa shape index (κ2) is 35.2. The fourth-order valence-electron chi connectivity index (χ4n) is 3.49. The average molecular weight is 834 g/mol. The predicted octanol–water partition coefficient (Wildman–Crippen LogP) is 6.90. The Kier molecular flexibility index (Phi) is 36.7. The molecule has 0 aromatic heterocycles. The summed E-state index contributed by atoms with van der Waals surface area (Å²) in [5, 5.41) is 31.4. The van der Waals surface area contributed by atoms with E-state index in [2.05, 4.69) is 65.8 Å². The number of rotatable bonds is 22. The van der Waals surface area contributed by atoms with Gasteiger partial charge in [0.1, 0.15) is 0 Å². The summed E-state index contributed by atoms with van der Waals surface area (Å²) in [6, 6.07) is 0. The summed E-state index contributed by atoms with van der Waals surface area (Å²) in [6.07, 6.45) is 4.23. The first-order chi connectivity index (χ1) is 25.7. The Morgan fingerprint density at radius 1 is 0.482 bits per heavy atom. The predicted molar refractivity (Wildman–Crippen MR) is 197 cm³/mol. The molecule has 0 fully saturated rings. The highest BCUT2D eigenvalue weighted by atomic mass is 19.4. The van der Waals surface area contributed by atoms with Crippen LogP contribution in [0.25, 0.3) is 0 Å². The number of carboxylic acid groups (broad SMARTS) is 3. The molecule has 0 amide bonds. The van der Waals surface area contributed by atoms with Gasteiger partial charge in [-0.25, -0.2) is 24.4 Å². The van der Waals surface area contributed by atoms with Gasteiger partial charge in [0.05, 0.1) is 13.1 Å². The highest BCUT2D eigenvalue weighted by molar-refractivity contribution is 5.78. The monoisotopic (exact) mass is 833 g/mol. The van der Waals surface area contributed by atoms with E-state index in [1.807, 2.05) is 0 Å². The summed E-state index contributed by atoms with van der Waals surface area (Å²) in [5.41, 5.74) is 14.2. The molecule has 0 radical (unpaired) electrons. The number of aliphatic carboxylic acids is 3. The Balaban J connectivity index is -0.000000516. The van der Waals surface area contributed by atoms with Crippen molar-refractivity contribution in [3.05, 3.63) is 23.3 Å². The molecule has 0 saturated heterocycles. The summed E-state index contributed by atoms with van der Waals surface area (Å²) >= 11 is 0. The number of nitrogens with zero attached hydrogens (tertiary/aromatic N) is 2. The number of nitrogens with one attached hydrogen (secondary N) is 3. The lowest BCUT2D eigenvalue weighted by Crippen LogP contribution is -2.32. The van der Waals surface area contributed by atoms with Crippen LogP contribution >= 0.6 is 0 Å². The van der Waals surface area contributed by atoms with Crippen molar-refractivity contribution in [1.29, 1.82) is 0 Å². The van der Waals surface area contributed by atoms with Gasteiger partial charge in [0.25, 0.3) is 0 Å². The molecule has 0 atom stereocenters. The number of hydrogen-bond acceptors (Lipinski definition) is 6. The van der Waals surface area contributed by atoms with Crippen LogP contribution < -0.4 is 27.4 Å². The van der Waals surface area contributed by atoms with E-state index in [0.29, 0.717) is 25.0 Å². The van der Waals surface area contributed by atoms with Gasteiger partial charge in [0.15, 0.2) is 11.9 Å².